The molecule has 0 bridgehead atoms. The predicted octanol–water partition coefficient (Wildman–Crippen LogP) is 0.939. The average Bonchev–Trinajstić information content (AvgIpc) is 3.20. The van der Waals surface area contributed by atoms with E-state index in [2.05, 4.69) is 4.90 Å². The second kappa shape index (κ2) is 7.59. The lowest BCUT2D eigenvalue weighted by Crippen LogP contribution is -2.41. The first-order valence-corrected chi connectivity index (χ1v) is 8.53. The Labute approximate surface area is 148 Å². The van der Waals surface area contributed by atoms with Crippen LogP contribution in [0.1, 0.15) is 18.4 Å². The molecule has 2 aliphatic heterocycles. The maximum absolute atomic E-state index is 10.9. The summed E-state index contributed by atoms with van der Waals surface area (Å²) >= 11 is 0. The van der Waals surface area contributed by atoms with Gasteiger partial charge in [0.2, 0.25) is 0 Å². The van der Waals surface area contributed by atoms with Gasteiger partial charge in [-0.15, -0.1) is 0 Å². The Hall–Kier alpha value is -1.83. The molecule has 2 fully saturated rings. The van der Waals surface area contributed by atoms with Gasteiger partial charge in [-0.05, 0) is 30.5 Å². The number of amides is 1. The monoisotopic (exact) mass is 350 g/mol. The molecule has 2 atom stereocenters. The van der Waals surface area contributed by atoms with Gasteiger partial charge in [0, 0.05) is 33.4 Å². The van der Waals surface area contributed by atoms with Crippen molar-refractivity contribution in [1.82, 2.24) is 4.90 Å². The second-order valence-corrected chi connectivity index (χ2v) is 6.65. The topological polar surface area (TPSA) is 83.2 Å². The Kier molecular flexibility index (Phi) is 5.46. The zero-order valence-corrected chi connectivity index (χ0v) is 14.8. The van der Waals surface area contributed by atoms with Crippen LogP contribution in [0.2, 0.25) is 0 Å². The van der Waals surface area contributed by atoms with Gasteiger partial charge in [-0.2, -0.15) is 0 Å². The van der Waals surface area contributed by atoms with Gasteiger partial charge in [-0.3, -0.25) is 9.69 Å². The number of nitrogens with two attached hydrogens (primary N) is 1. The van der Waals surface area contributed by atoms with E-state index in [1.807, 2.05) is 18.2 Å². The highest BCUT2D eigenvalue weighted by atomic mass is 16.6. The van der Waals surface area contributed by atoms with Crippen molar-refractivity contribution in [3.05, 3.63) is 23.8 Å². The summed E-state index contributed by atoms with van der Waals surface area (Å²) < 4.78 is 22.5. The number of nitrogens with zero attached hydrogens (tertiary/aromatic N) is 1. The van der Waals surface area contributed by atoms with Crippen molar-refractivity contribution in [2.75, 3.05) is 40.5 Å². The largest absolute Gasteiger partial charge is 0.493 e. The highest BCUT2D eigenvalue weighted by Crippen LogP contribution is 2.37. The molecule has 2 N–H and O–H groups in total. The van der Waals surface area contributed by atoms with Crippen molar-refractivity contribution < 1.29 is 23.7 Å². The number of carbonyl (C=O) groups excluding carboxylic acids is 1. The lowest BCUT2D eigenvalue weighted by atomic mass is 9.96. The molecule has 3 rings (SSSR count). The molecule has 2 saturated heterocycles. The summed E-state index contributed by atoms with van der Waals surface area (Å²) in [5, 5.41) is 0. The molecule has 25 heavy (non-hydrogen) atoms. The fraction of sp³-hybridized carbons (Fsp3) is 0.611. The van der Waals surface area contributed by atoms with E-state index in [-0.39, 0.29) is 18.3 Å². The lowest BCUT2D eigenvalue weighted by Gasteiger charge is -2.28. The van der Waals surface area contributed by atoms with E-state index in [0.29, 0.717) is 11.5 Å². The van der Waals surface area contributed by atoms with E-state index in [4.69, 9.17) is 24.7 Å². The molecule has 0 unspecified atom stereocenters. The van der Waals surface area contributed by atoms with Gasteiger partial charge in [0.15, 0.2) is 18.1 Å². The first-order chi connectivity index (χ1) is 12.1. The van der Waals surface area contributed by atoms with Crippen LogP contribution in [-0.2, 0) is 20.8 Å². The van der Waals surface area contributed by atoms with Gasteiger partial charge in [-0.25, -0.2) is 0 Å². The summed E-state index contributed by atoms with van der Waals surface area (Å²) in [6, 6.07) is 5.71. The number of hydrogen-bond acceptors (Lipinski definition) is 6. The Balaban J connectivity index is 1.67. The van der Waals surface area contributed by atoms with Crippen LogP contribution in [0.3, 0.4) is 0 Å². The van der Waals surface area contributed by atoms with Crippen molar-refractivity contribution in [2.24, 2.45) is 5.73 Å². The summed E-state index contributed by atoms with van der Waals surface area (Å²) in [7, 11) is 3.33. The molecule has 1 amide bonds. The van der Waals surface area contributed by atoms with E-state index in [1.165, 1.54) is 0 Å². The number of rotatable bonds is 7. The maximum Gasteiger partial charge on any atom is 0.255 e. The minimum absolute atomic E-state index is 0.107. The van der Waals surface area contributed by atoms with Crippen LogP contribution in [0.5, 0.6) is 11.5 Å². The molecular formula is C18H26N2O5. The molecule has 2 aliphatic rings. The third kappa shape index (κ3) is 3.89. The molecule has 7 heteroatoms. The van der Waals surface area contributed by atoms with Crippen LogP contribution in [-0.4, -0.2) is 63.0 Å². The van der Waals surface area contributed by atoms with Crippen LogP contribution < -0.4 is 15.2 Å². The zero-order chi connectivity index (χ0) is 17.9. The van der Waals surface area contributed by atoms with Crippen molar-refractivity contribution in [1.29, 1.82) is 0 Å². The van der Waals surface area contributed by atoms with Crippen molar-refractivity contribution >= 4 is 5.91 Å². The average molecular weight is 350 g/mol. The Morgan fingerprint density at radius 3 is 2.88 bits per heavy atom. The molecule has 1 aromatic carbocycles. The normalized spacial score (nSPS) is 26.2. The van der Waals surface area contributed by atoms with Crippen LogP contribution >= 0.6 is 0 Å². The van der Waals surface area contributed by atoms with Gasteiger partial charge in [0.25, 0.3) is 5.91 Å². The first kappa shape index (κ1) is 18.0. The Bertz CT molecular complexity index is 615. The number of hydrogen-bond donors (Lipinski definition) is 1. The third-order valence-corrected chi connectivity index (χ3v) is 4.92. The van der Waals surface area contributed by atoms with Gasteiger partial charge in [0.05, 0.1) is 13.2 Å². The number of benzene rings is 1. The van der Waals surface area contributed by atoms with Crippen molar-refractivity contribution in [2.45, 2.75) is 31.1 Å². The van der Waals surface area contributed by atoms with Gasteiger partial charge in [-0.1, -0.05) is 6.07 Å². The molecule has 7 nitrogen and oxygen atoms in total. The number of carbonyl (C=O) groups is 1. The molecule has 0 radical (unpaired) electrons. The summed E-state index contributed by atoms with van der Waals surface area (Å²) in [5.41, 5.74) is 6.06. The number of primary amides is 1. The molecule has 1 aromatic rings. The molecule has 2 heterocycles. The lowest BCUT2D eigenvalue weighted by molar-refractivity contribution is -0.119. The van der Waals surface area contributed by atoms with Gasteiger partial charge < -0.3 is 24.7 Å². The Morgan fingerprint density at radius 2 is 2.24 bits per heavy atom. The predicted molar refractivity (Wildman–Crippen MR) is 91.7 cm³/mol. The smallest absolute Gasteiger partial charge is 0.255 e. The highest BCUT2D eigenvalue weighted by Gasteiger charge is 2.49. The molecule has 0 saturated carbocycles. The Morgan fingerprint density at radius 1 is 1.40 bits per heavy atom. The molecular weight excluding hydrogens is 324 g/mol. The van der Waals surface area contributed by atoms with E-state index in [1.54, 1.807) is 14.2 Å². The summed E-state index contributed by atoms with van der Waals surface area (Å²) in [5.74, 6) is 0.584. The van der Waals surface area contributed by atoms with E-state index < -0.39 is 5.91 Å². The van der Waals surface area contributed by atoms with Crippen LogP contribution in [0.15, 0.2) is 18.2 Å². The summed E-state index contributed by atoms with van der Waals surface area (Å²) in [6.07, 6.45) is 2.24. The van der Waals surface area contributed by atoms with Gasteiger partial charge in [0.1, 0.15) is 5.60 Å². The SMILES string of the molecule is COc1cc(CN2C[C@H](OC)[C@]3(CCCO3)C2)ccc1OCC(N)=O. The van der Waals surface area contributed by atoms with Crippen molar-refractivity contribution in [3.63, 3.8) is 0 Å². The maximum atomic E-state index is 10.9. The minimum atomic E-state index is -0.518. The summed E-state index contributed by atoms with van der Waals surface area (Å²) in [4.78, 5) is 13.2. The quantitative estimate of drug-likeness (QED) is 0.788. The number of likely N-dealkylation sites (tertiary alicyclic amines) is 1. The van der Waals surface area contributed by atoms with E-state index in [0.717, 1.165) is 44.6 Å². The fourth-order valence-electron chi connectivity index (χ4n) is 3.79. The van der Waals surface area contributed by atoms with E-state index >= 15 is 0 Å². The zero-order valence-electron chi connectivity index (χ0n) is 14.8. The van der Waals surface area contributed by atoms with Crippen LogP contribution in [0.4, 0.5) is 0 Å². The van der Waals surface area contributed by atoms with Crippen LogP contribution in [0, 0.1) is 0 Å². The standard InChI is InChI=1S/C18H26N2O5/c1-22-15-8-13(4-5-14(15)24-11-17(19)21)9-20-10-16(23-2)18(12-20)6-3-7-25-18/h4-5,8,16H,3,6-7,9-12H2,1-2H3,(H2,19,21)/t16-,18-/m0/s1. The third-order valence-electron chi connectivity index (χ3n) is 4.92. The summed E-state index contributed by atoms with van der Waals surface area (Å²) in [6.45, 7) is 3.13. The van der Waals surface area contributed by atoms with Crippen LogP contribution in [0.25, 0.3) is 0 Å². The van der Waals surface area contributed by atoms with Crippen molar-refractivity contribution in [3.8, 4) is 11.5 Å². The fourth-order valence-corrected chi connectivity index (χ4v) is 3.79. The number of methoxy groups -OCH3 is 2. The molecule has 0 aliphatic carbocycles. The van der Waals surface area contributed by atoms with E-state index in [9.17, 15) is 4.79 Å². The number of ether oxygens (including phenoxy) is 4. The second-order valence-electron chi connectivity index (χ2n) is 6.65. The highest BCUT2D eigenvalue weighted by molar-refractivity contribution is 5.75. The van der Waals surface area contributed by atoms with Gasteiger partial charge >= 0.3 is 0 Å². The molecule has 1 spiro atoms. The minimum Gasteiger partial charge on any atom is -0.493 e. The molecule has 138 valence electrons. The first-order valence-electron chi connectivity index (χ1n) is 8.53. The molecule has 0 aromatic heterocycles.